The van der Waals surface area contributed by atoms with Gasteiger partial charge in [-0.1, -0.05) is 19.9 Å². The molecule has 16 heavy (non-hydrogen) atoms. The zero-order valence-electron chi connectivity index (χ0n) is 10.4. The van der Waals surface area contributed by atoms with Crippen LogP contribution in [-0.2, 0) is 9.31 Å². The summed E-state index contributed by atoms with van der Waals surface area (Å²) in [7, 11) is -0.0247. The monoisotopic (exact) mass is 218 g/mol. The molecule has 1 spiro atoms. The molecule has 86 valence electrons. The third-order valence-corrected chi connectivity index (χ3v) is 5.84. The first kappa shape index (κ1) is 9.72. The third kappa shape index (κ3) is 0.831. The Hall–Kier alpha value is -0.275. The largest absolute Gasteiger partial charge is 0.490 e. The molecule has 1 saturated heterocycles. The van der Waals surface area contributed by atoms with Gasteiger partial charge in [0.15, 0.2) is 0 Å². The van der Waals surface area contributed by atoms with Gasteiger partial charge in [0.1, 0.15) is 0 Å². The summed E-state index contributed by atoms with van der Waals surface area (Å²) in [5.74, 6) is 0.844. The molecule has 2 nitrogen and oxygen atoms in total. The smallest absolute Gasteiger partial charge is 0.399 e. The topological polar surface area (TPSA) is 18.5 Å². The van der Waals surface area contributed by atoms with Gasteiger partial charge in [-0.25, -0.2) is 0 Å². The van der Waals surface area contributed by atoms with Crippen molar-refractivity contribution >= 4 is 7.12 Å². The van der Waals surface area contributed by atoms with E-state index in [0.717, 1.165) is 12.3 Å². The van der Waals surface area contributed by atoms with Gasteiger partial charge in [0.2, 0.25) is 0 Å². The highest BCUT2D eigenvalue weighted by Crippen LogP contribution is 2.70. The third-order valence-electron chi connectivity index (χ3n) is 5.84. The maximum atomic E-state index is 6.37. The Labute approximate surface area is 97.5 Å². The number of hydrogen-bond donors (Lipinski definition) is 0. The fourth-order valence-corrected chi connectivity index (χ4v) is 4.40. The molecular formula is C13H19BO2. The average Bonchev–Trinajstić information content (AvgIpc) is 2.99. The summed E-state index contributed by atoms with van der Waals surface area (Å²) in [5.41, 5.74) is 1.62. The Bertz CT molecular complexity index is 403. The van der Waals surface area contributed by atoms with Crippen LogP contribution in [-0.4, -0.2) is 18.3 Å². The maximum absolute atomic E-state index is 6.37. The van der Waals surface area contributed by atoms with Crippen molar-refractivity contribution in [3.05, 3.63) is 11.5 Å². The molecule has 1 aliphatic heterocycles. The highest BCUT2D eigenvalue weighted by molar-refractivity contribution is 6.56. The molecule has 0 aromatic heterocycles. The van der Waals surface area contributed by atoms with Crippen molar-refractivity contribution in [3.63, 3.8) is 0 Å². The van der Waals surface area contributed by atoms with Crippen molar-refractivity contribution in [2.24, 2.45) is 11.3 Å². The molecule has 3 atom stereocenters. The molecule has 0 radical (unpaired) electrons. The van der Waals surface area contributed by atoms with Gasteiger partial charge < -0.3 is 9.31 Å². The first-order chi connectivity index (χ1) is 7.49. The van der Waals surface area contributed by atoms with Crippen molar-refractivity contribution in [2.75, 3.05) is 0 Å². The van der Waals surface area contributed by atoms with Crippen molar-refractivity contribution in [1.29, 1.82) is 0 Å². The van der Waals surface area contributed by atoms with E-state index in [4.69, 9.17) is 9.31 Å². The van der Waals surface area contributed by atoms with E-state index in [-0.39, 0.29) is 18.3 Å². The van der Waals surface area contributed by atoms with Crippen LogP contribution < -0.4 is 0 Å². The molecule has 5 rings (SSSR count). The standard InChI is InChI=1S/C13H19BO2/c1-11(2)9-6-7-12(3)13(11,8-9)16-14(15-12)10-4-5-10/h4,9H,5-8H2,1-3H3. The van der Waals surface area contributed by atoms with E-state index in [9.17, 15) is 0 Å². The van der Waals surface area contributed by atoms with E-state index in [0.29, 0.717) is 5.41 Å². The van der Waals surface area contributed by atoms with Gasteiger partial charge >= 0.3 is 7.12 Å². The number of hydrogen-bond acceptors (Lipinski definition) is 2. The second-order valence-electron chi connectivity index (χ2n) is 6.77. The van der Waals surface area contributed by atoms with E-state index in [1.165, 1.54) is 24.7 Å². The highest BCUT2D eigenvalue weighted by Gasteiger charge is 2.76. The lowest BCUT2D eigenvalue weighted by Crippen LogP contribution is -2.73. The molecule has 0 amide bonds. The van der Waals surface area contributed by atoms with E-state index in [2.05, 4.69) is 26.8 Å². The summed E-state index contributed by atoms with van der Waals surface area (Å²) in [6.45, 7) is 7.00. The first-order valence-corrected chi connectivity index (χ1v) is 6.53. The van der Waals surface area contributed by atoms with Crippen LogP contribution in [0.2, 0.25) is 0 Å². The van der Waals surface area contributed by atoms with Crippen molar-refractivity contribution < 1.29 is 9.31 Å². The van der Waals surface area contributed by atoms with Crippen LogP contribution in [0.5, 0.6) is 0 Å². The van der Waals surface area contributed by atoms with Gasteiger partial charge in [0.25, 0.3) is 0 Å². The number of rotatable bonds is 1. The lowest BCUT2D eigenvalue weighted by Gasteiger charge is -2.68. The van der Waals surface area contributed by atoms with Crippen LogP contribution in [0.1, 0.15) is 46.5 Å². The van der Waals surface area contributed by atoms with Crippen LogP contribution in [0.25, 0.3) is 0 Å². The van der Waals surface area contributed by atoms with Gasteiger partial charge in [0.05, 0.1) is 11.2 Å². The Morgan fingerprint density at radius 1 is 1.31 bits per heavy atom. The minimum Gasteiger partial charge on any atom is -0.399 e. The van der Waals surface area contributed by atoms with Gasteiger partial charge in [-0.2, -0.15) is 0 Å². The maximum Gasteiger partial charge on any atom is 0.490 e. The normalized spacial score (nSPS) is 51.8. The van der Waals surface area contributed by atoms with Crippen molar-refractivity contribution in [1.82, 2.24) is 0 Å². The van der Waals surface area contributed by atoms with Crippen molar-refractivity contribution in [2.45, 2.75) is 57.7 Å². The summed E-state index contributed by atoms with van der Waals surface area (Å²) in [5, 5.41) is 0. The fourth-order valence-electron chi connectivity index (χ4n) is 4.40. The zero-order chi connectivity index (χ0) is 11.2. The SMILES string of the molecule is CC12CCC3CC1(OB(C1=CC1)O2)C3(C)C. The summed E-state index contributed by atoms with van der Waals surface area (Å²) < 4.78 is 12.6. The number of allylic oxidation sites excluding steroid dienone is 2. The molecule has 2 bridgehead atoms. The minimum atomic E-state index is -0.0423. The molecule has 5 aliphatic rings. The number of fused-ring (bicyclic) bond motifs is 1. The van der Waals surface area contributed by atoms with Crippen molar-refractivity contribution in [3.8, 4) is 0 Å². The fraction of sp³-hybridized carbons (Fsp3) is 0.846. The lowest BCUT2D eigenvalue weighted by molar-refractivity contribution is -0.257. The van der Waals surface area contributed by atoms with Crippen LogP contribution in [0.15, 0.2) is 11.5 Å². The molecule has 1 heterocycles. The average molecular weight is 218 g/mol. The molecule has 4 aliphatic carbocycles. The van der Waals surface area contributed by atoms with E-state index >= 15 is 0 Å². The van der Waals surface area contributed by atoms with Gasteiger partial charge in [-0.3, -0.25) is 0 Å². The molecule has 3 saturated carbocycles. The summed E-state index contributed by atoms with van der Waals surface area (Å²) >= 11 is 0. The first-order valence-electron chi connectivity index (χ1n) is 6.53. The molecule has 0 aromatic rings. The Kier molecular flexibility index (Phi) is 1.48. The molecular weight excluding hydrogens is 199 g/mol. The Morgan fingerprint density at radius 2 is 2.06 bits per heavy atom. The predicted octanol–water partition coefficient (Wildman–Crippen LogP) is 2.73. The second kappa shape index (κ2) is 2.44. The van der Waals surface area contributed by atoms with Gasteiger partial charge in [0, 0.05) is 0 Å². The van der Waals surface area contributed by atoms with Crippen LogP contribution >= 0.6 is 0 Å². The lowest BCUT2D eigenvalue weighted by atomic mass is 9.41. The minimum absolute atomic E-state index is 0.00296. The zero-order valence-corrected chi connectivity index (χ0v) is 10.4. The Balaban J connectivity index is 1.76. The Morgan fingerprint density at radius 3 is 2.62 bits per heavy atom. The molecule has 0 aromatic carbocycles. The van der Waals surface area contributed by atoms with E-state index in [1.807, 2.05) is 0 Å². The predicted molar refractivity (Wildman–Crippen MR) is 62.9 cm³/mol. The quantitative estimate of drug-likeness (QED) is 0.630. The van der Waals surface area contributed by atoms with Gasteiger partial charge in [-0.05, 0) is 49.4 Å². The molecule has 0 N–H and O–H groups in total. The van der Waals surface area contributed by atoms with E-state index < -0.39 is 0 Å². The molecule has 3 heteroatoms. The molecule has 4 fully saturated rings. The molecule has 3 unspecified atom stereocenters. The van der Waals surface area contributed by atoms with Crippen LogP contribution in [0.3, 0.4) is 0 Å². The van der Waals surface area contributed by atoms with Gasteiger partial charge in [-0.15, -0.1) is 0 Å². The van der Waals surface area contributed by atoms with E-state index in [1.54, 1.807) is 0 Å². The summed E-state index contributed by atoms with van der Waals surface area (Å²) in [4.78, 5) is 0. The summed E-state index contributed by atoms with van der Waals surface area (Å²) in [6.07, 6.45) is 7.01. The summed E-state index contributed by atoms with van der Waals surface area (Å²) in [6, 6.07) is 0. The second-order valence-corrected chi connectivity index (χ2v) is 6.77. The highest BCUT2D eigenvalue weighted by atomic mass is 16.7. The van der Waals surface area contributed by atoms with Crippen LogP contribution in [0, 0.1) is 11.3 Å². The van der Waals surface area contributed by atoms with Crippen LogP contribution in [0.4, 0.5) is 0 Å².